The normalized spacial score (nSPS) is 12.2. The number of halogens is 2. The van der Waals surface area contributed by atoms with Crippen molar-refractivity contribution in [2.24, 2.45) is 0 Å². The quantitative estimate of drug-likeness (QED) is 0.919. The third-order valence-corrected chi connectivity index (χ3v) is 2.67. The van der Waals surface area contributed by atoms with Crippen LogP contribution in [-0.4, -0.2) is 24.4 Å². The molecular weight excluding hydrogens is 252 g/mol. The molecule has 4 nitrogen and oxygen atoms in total. The van der Waals surface area contributed by atoms with Crippen LogP contribution < -0.4 is 10.1 Å². The zero-order chi connectivity index (χ0) is 13.8. The molecule has 0 radical (unpaired) electrons. The lowest BCUT2D eigenvalue weighted by atomic mass is 10.0. The van der Waals surface area contributed by atoms with Crippen molar-refractivity contribution in [3.63, 3.8) is 0 Å². The van der Waals surface area contributed by atoms with Gasteiger partial charge in [0.2, 0.25) is 5.88 Å². The molecule has 0 aliphatic carbocycles. The van der Waals surface area contributed by atoms with Gasteiger partial charge in [0, 0.05) is 12.1 Å². The van der Waals surface area contributed by atoms with Crippen LogP contribution in [0.4, 0.5) is 8.78 Å². The minimum atomic E-state index is -0.628. The summed E-state index contributed by atoms with van der Waals surface area (Å²) in [6.07, 6.45) is 0. The van der Waals surface area contributed by atoms with Crippen LogP contribution in [0, 0.1) is 11.6 Å². The van der Waals surface area contributed by atoms with Gasteiger partial charge in [-0.3, -0.25) is 0 Å². The van der Waals surface area contributed by atoms with E-state index in [1.165, 1.54) is 19.2 Å². The predicted octanol–water partition coefficient (Wildman–Crippen LogP) is 2.07. The van der Waals surface area contributed by atoms with E-state index < -0.39 is 17.7 Å². The predicted molar refractivity (Wildman–Crippen MR) is 65.8 cm³/mol. The van der Waals surface area contributed by atoms with E-state index in [9.17, 15) is 8.78 Å². The summed E-state index contributed by atoms with van der Waals surface area (Å²) in [5.74, 6) is -0.877. The minimum Gasteiger partial charge on any atom is -0.480 e. The second-order valence-electron chi connectivity index (χ2n) is 3.93. The molecular formula is C13H13F2N3O. The lowest BCUT2D eigenvalue weighted by molar-refractivity contribution is 0.390. The molecule has 0 bridgehead atoms. The molecule has 0 saturated heterocycles. The number of ether oxygens (including phenoxy) is 1. The SMILES string of the molecule is CNC(c1cc(F)cc(F)c1)c1ccc(OC)nn1. The highest BCUT2D eigenvalue weighted by atomic mass is 19.1. The van der Waals surface area contributed by atoms with E-state index in [2.05, 4.69) is 15.5 Å². The van der Waals surface area contributed by atoms with Crippen molar-refractivity contribution in [2.75, 3.05) is 14.2 Å². The van der Waals surface area contributed by atoms with E-state index >= 15 is 0 Å². The summed E-state index contributed by atoms with van der Waals surface area (Å²) in [5.41, 5.74) is 0.993. The molecule has 1 heterocycles. The summed E-state index contributed by atoms with van der Waals surface area (Å²) in [6.45, 7) is 0. The first-order chi connectivity index (χ1) is 9.13. The van der Waals surface area contributed by atoms with Gasteiger partial charge in [-0.1, -0.05) is 0 Å². The maximum Gasteiger partial charge on any atom is 0.233 e. The zero-order valence-corrected chi connectivity index (χ0v) is 10.5. The summed E-state index contributed by atoms with van der Waals surface area (Å²) in [7, 11) is 3.17. The van der Waals surface area contributed by atoms with Crippen LogP contribution in [0.2, 0.25) is 0 Å². The van der Waals surface area contributed by atoms with Crippen molar-refractivity contribution in [2.45, 2.75) is 6.04 Å². The van der Waals surface area contributed by atoms with Gasteiger partial charge in [-0.15, -0.1) is 10.2 Å². The Morgan fingerprint density at radius 3 is 2.26 bits per heavy atom. The van der Waals surface area contributed by atoms with Crippen LogP contribution in [0.3, 0.4) is 0 Å². The Bertz CT molecular complexity index is 540. The molecule has 1 unspecified atom stereocenters. The van der Waals surface area contributed by atoms with Crippen LogP contribution in [-0.2, 0) is 0 Å². The Morgan fingerprint density at radius 1 is 1.11 bits per heavy atom. The Balaban J connectivity index is 2.37. The van der Waals surface area contributed by atoms with Gasteiger partial charge in [0.15, 0.2) is 0 Å². The van der Waals surface area contributed by atoms with E-state index in [1.807, 2.05) is 0 Å². The van der Waals surface area contributed by atoms with Crippen LogP contribution >= 0.6 is 0 Å². The summed E-state index contributed by atoms with van der Waals surface area (Å²) in [4.78, 5) is 0. The number of nitrogens with one attached hydrogen (secondary N) is 1. The number of nitrogens with zero attached hydrogens (tertiary/aromatic N) is 2. The molecule has 0 aliphatic heterocycles. The monoisotopic (exact) mass is 265 g/mol. The Kier molecular flexibility index (Phi) is 4.01. The van der Waals surface area contributed by atoms with E-state index in [-0.39, 0.29) is 0 Å². The smallest absolute Gasteiger partial charge is 0.233 e. The van der Waals surface area contributed by atoms with Gasteiger partial charge in [0.1, 0.15) is 11.6 Å². The largest absolute Gasteiger partial charge is 0.480 e. The highest BCUT2D eigenvalue weighted by molar-refractivity contribution is 5.29. The first-order valence-corrected chi connectivity index (χ1v) is 5.65. The lowest BCUT2D eigenvalue weighted by Gasteiger charge is -2.16. The number of methoxy groups -OCH3 is 1. The Labute approximate surface area is 109 Å². The highest BCUT2D eigenvalue weighted by Gasteiger charge is 2.16. The summed E-state index contributed by atoms with van der Waals surface area (Å²) < 4.78 is 31.4. The fraction of sp³-hybridized carbons (Fsp3) is 0.231. The maximum atomic E-state index is 13.2. The van der Waals surface area contributed by atoms with Crippen molar-refractivity contribution < 1.29 is 13.5 Å². The topological polar surface area (TPSA) is 47.0 Å². The van der Waals surface area contributed by atoms with Crippen molar-refractivity contribution >= 4 is 0 Å². The van der Waals surface area contributed by atoms with Gasteiger partial charge < -0.3 is 10.1 Å². The van der Waals surface area contributed by atoms with E-state index in [0.717, 1.165) is 6.07 Å². The molecule has 0 amide bonds. The van der Waals surface area contributed by atoms with Crippen molar-refractivity contribution in [1.82, 2.24) is 15.5 Å². The molecule has 1 aromatic carbocycles. The van der Waals surface area contributed by atoms with Crippen LogP contribution in [0.25, 0.3) is 0 Å². The maximum absolute atomic E-state index is 13.2. The van der Waals surface area contributed by atoms with E-state index in [4.69, 9.17) is 4.74 Å². The number of hydrogen-bond acceptors (Lipinski definition) is 4. The van der Waals surface area contributed by atoms with Crippen molar-refractivity contribution in [3.05, 3.63) is 53.2 Å². The molecule has 100 valence electrons. The summed E-state index contributed by atoms with van der Waals surface area (Å²) in [5, 5.41) is 10.8. The molecule has 0 saturated carbocycles. The minimum absolute atomic E-state index is 0.379. The average Bonchev–Trinajstić information content (AvgIpc) is 2.39. The van der Waals surface area contributed by atoms with Gasteiger partial charge in [0.05, 0.1) is 18.8 Å². The fourth-order valence-electron chi connectivity index (χ4n) is 1.82. The fourth-order valence-corrected chi connectivity index (χ4v) is 1.82. The second-order valence-corrected chi connectivity index (χ2v) is 3.93. The zero-order valence-electron chi connectivity index (χ0n) is 10.5. The van der Waals surface area contributed by atoms with Crippen molar-refractivity contribution in [3.8, 4) is 5.88 Å². The third kappa shape index (κ3) is 3.03. The molecule has 1 atom stereocenters. The molecule has 6 heteroatoms. The molecule has 1 N–H and O–H groups in total. The Hall–Kier alpha value is -2.08. The molecule has 0 spiro atoms. The first kappa shape index (κ1) is 13.4. The number of hydrogen-bond donors (Lipinski definition) is 1. The third-order valence-electron chi connectivity index (χ3n) is 2.67. The molecule has 2 rings (SSSR count). The van der Waals surface area contributed by atoms with Gasteiger partial charge in [-0.25, -0.2) is 8.78 Å². The Morgan fingerprint density at radius 2 is 1.79 bits per heavy atom. The van der Waals surface area contributed by atoms with Crippen LogP contribution in [0.1, 0.15) is 17.3 Å². The first-order valence-electron chi connectivity index (χ1n) is 5.65. The standard InChI is InChI=1S/C13H13F2N3O/c1-16-13(8-5-9(14)7-10(15)6-8)11-3-4-12(19-2)18-17-11/h3-7,13,16H,1-2H3. The van der Waals surface area contributed by atoms with Crippen molar-refractivity contribution in [1.29, 1.82) is 0 Å². The average molecular weight is 265 g/mol. The summed E-state index contributed by atoms with van der Waals surface area (Å²) in [6, 6.07) is 6.24. The molecule has 19 heavy (non-hydrogen) atoms. The number of benzene rings is 1. The van der Waals surface area contributed by atoms with E-state index in [1.54, 1.807) is 19.2 Å². The highest BCUT2D eigenvalue weighted by Crippen LogP contribution is 2.22. The van der Waals surface area contributed by atoms with Gasteiger partial charge in [0.25, 0.3) is 0 Å². The molecule has 0 aliphatic rings. The number of aromatic nitrogens is 2. The molecule has 0 fully saturated rings. The lowest BCUT2D eigenvalue weighted by Crippen LogP contribution is -2.19. The molecule has 2 aromatic rings. The van der Waals surface area contributed by atoms with Crippen LogP contribution in [0.15, 0.2) is 30.3 Å². The van der Waals surface area contributed by atoms with Crippen LogP contribution in [0.5, 0.6) is 5.88 Å². The number of rotatable bonds is 4. The summed E-state index contributed by atoms with van der Waals surface area (Å²) >= 11 is 0. The molecule has 1 aromatic heterocycles. The second kappa shape index (κ2) is 5.71. The van der Waals surface area contributed by atoms with E-state index in [0.29, 0.717) is 17.1 Å². The van der Waals surface area contributed by atoms with Gasteiger partial charge in [-0.05, 0) is 30.8 Å². The van der Waals surface area contributed by atoms with Gasteiger partial charge in [-0.2, -0.15) is 0 Å². The van der Waals surface area contributed by atoms with Gasteiger partial charge >= 0.3 is 0 Å².